The summed E-state index contributed by atoms with van der Waals surface area (Å²) >= 11 is 5.95. The van der Waals surface area contributed by atoms with E-state index in [9.17, 15) is 0 Å². The van der Waals surface area contributed by atoms with Gasteiger partial charge in [-0.2, -0.15) is 4.98 Å². The van der Waals surface area contributed by atoms with E-state index in [4.69, 9.17) is 16.3 Å². The number of aromatic nitrogens is 2. The van der Waals surface area contributed by atoms with Crippen molar-refractivity contribution in [2.24, 2.45) is 0 Å². The van der Waals surface area contributed by atoms with Crippen molar-refractivity contribution < 1.29 is 4.74 Å². The van der Waals surface area contributed by atoms with Gasteiger partial charge >= 0.3 is 0 Å². The smallest absolute Gasteiger partial charge is 0.226 e. The van der Waals surface area contributed by atoms with Gasteiger partial charge < -0.3 is 14.5 Å². The van der Waals surface area contributed by atoms with E-state index in [0.717, 1.165) is 18.9 Å². The molecule has 0 aromatic carbocycles. The molecule has 0 amide bonds. The SMILES string of the molecule is CN(C)c1nccc(N2CC(CCl)OC(C)(C)C2)n1. The fraction of sp³-hybridized carbons (Fsp3) is 0.692. The molecule has 1 aromatic heterocycles. The topological polar surface area (TPSA) is 41.5 Å². The highest BCUT2D eigenvalue weighted by atomic mass is 35.5. The molecule has 1 fully saturated rings. The third-order valence-electron chi connectivity index (χ3n) is 3.01. The Hall–Kier alpha value is -1.07. The molecule has 5 nitrogen and oxygen atoms in total. The van der Waals surface area contributed by atoms with Gasteiger partial charge in [0.25, 0.3) is 0 Å². The normalized spacial score (nSPS) is 22.4. The summed E-state index contributed by atoms with van der Waals surface area (Å²) in [5, 5.41) is 0. The van der Waals surface area contributed by atoms with Crippen LogP contribution in [0.5, 0.6) is 0 Å². The molecule has 0 bridgehead atoms. The van der Waals surface area contributed by atoms with Crippen LogP contribution in [0.2, 0.25) is 0 Å². The van der Waals surface area contributed by atoms with Crippen LogP contribution in [0.4, 0.5) is 11.8 Å². The first-order valence-electron chi connectivity index (χ1n) is 6.40. The fourth-order valence-corrected chi connectivity index (χ4v) is 2.44. The Kier molecular flexibility index (Phi) is 4.16. The molecule has 19 heavy (non-hydrogen) atoms. The highest BCUT2D eigenvalue weighted by Crippen LogP contribution is 2.25. The molecule has 1 aliphatic rings. The van der Waals surface area contributed by atoms with Crippen molar-refractivity contribution in [1.82, 2.24) is 9.97 Å². The van der Waals surface area contributed by atoms with Crippen molar-refractivity contribution in [3.05, 3.63) is 12.3 Å². The molecular weight excluding hydrogens is 264 g/mol. The number of anilines is 2. The average molecular weight is 285 g/mol. The number of hydrogen-bond acceptors (Lipinski definition) is 5. The third kappa shape index (κ3) is 3.48. The van der Waals surface area contributed by atoms with Crippen molar-refractivity contribution >= 4 is 23.4 Å². The maximum absolute atomic E-state index is 5.95. The van der Waals surface area contributed by atoms with Gasteiger partial charge in [0, 0.05) is 33.4 Å². The van der Waals surface area contributed by atoms with E-state index < -0.39 is 0 Å². The maximum atomic E-state index is 5.95. The van der Waals surface area contributed by atoms with Gasteiger partial charge in [0.1, 0.15) is 5.82 Å². The summed E-state index contributed by atoms with van der Waals surface area (Å²) < 4.78 is 5.92. The molecule has 2 rings (SSSR count). The molecule has 0 radical (unpaired) electrons. The molecule has 1 atom stereocenters. The standard InChI is InChI=1S/C13H21ClN4O/c1-13(2)9-18(8-10(7-14)19-13)11-5-6-15-12(16-11)17(3)4/h5-6,10H,7-9H2,1-4H3. The summed E-state index contributed by atoms with van der Waals surface area (Å²) in [6.45, 7) is 5.71. The van der Waals surface area contributed by atoms with Gasteiger partial charge in [-0.05, 0) is 19.9 Å². The molecule has 0 saturated carbocycles. The zero-order valence-corrected chi connectivity index (χ0v) is 12.7. The number of ether oxygens (including phenoxy) is 1. The summed E-state index contributed by atoms with van der Waals surface area (Å²) in [4.78, 5) is 12.9. The van der Waals surface area contributed by atoms with Crippen LogP contribution in [-0.4, -0.2) is 54.7 Å². The number of hydrogen-bond donors (Lipinski definition) is 0. The first-order valence-corrected chi connectivity index (χ1v) is 6.94. The highest BCUT2D eigenvalue weighted by molar-refractivity contribution is 6.18. The molecule has 0 spiro atoms. The predicted octanol–water partition coefficient (Wildman–Crippen LogP) is 1.77. The highest BCUT2D eigenvalue weighted by Gasteiger charge is 2.33. The second kappa shape index (κ2) is 5.51. The van der Waals surface area contributed by atoms with E-state index in [2.05, 4.69) is 28.7 Å². The number of halogens is 1. The van der Waals surface area contributed by atoms with Crippen LogP contribution in [0, 0.1) is 0 Å². The molecule has 0 aliphatic carbocycles. The summed E-state index contributed by atoms with van der Waals surface area (Å²) in [6.07, 6.45) is 1.82. The van der Waals surface area contributed by atoms with Gasteiger partial charge in [0.2, 0.25) is 5.95 Å². The van der Waals surface area contributed by atoms with Crippen LogP contribution in [0.1, 0.15) is 13.8 Å². The van der Waals surface area contributed by atoms with E-state index in [1.54, 1.807) is 6.20 Å². The summed E-state index contributed by atoms with van der Waals surface area (Å²) in [5.41, 5.74) is -0.221. The zero-order chi connectivity index (χ0) is 14.0. The van der Waals surface area contributed by atoms with Crippen LogP contribution in [0.25, 0.3) is 0 Å². The number of rotatable bonds is 3. The Morgan fingerprint density at radius 1 is 1.53 bits per heavy atom. The third-order valence-corrected chi connectivity index (χ3v) is 3.35. The van der Waals surface area contributed by atoms with Crippen LogP contribution in [0.3, 0.4) is 0 Å². The number of nitrogens with zero attached hydrogens (tertiary/aromatic N) is 4. The first kappa shape index (κ1) is 14.3. The van der Waals surface area contributed by atoms with Crippen LogP contribution >= 0.6 is 11.6 Å². The molecule has 1 saturated heterocycles. The Morgan fingerprint density at radius 2 is 2.26 bits per heavy atom. The van der Waals surface area contributed by atoms with Gasteiger partial charge in [0.05, 0.1) is 17.6 Å². The van der Waals surface area contributed by atoms with E-state index in [1.165, 1.54) is 0 Å². The Morgan fingerprint density at radius 3 is 2.89 bits per heavy atom. The van der Waals surface area contributed by atoms with E-state index >= 15 is 0 Å². The van der Waals surface area contributed by atoms with E-state index in [-0.39, 0.29) is 11.7 Å². The molecule has 6 heteroatoms. The lowest BCUT2D eigenvalue weighted by atomic mass is 10.1. The van der Waals surface area contributed by atoms with Crippen molar-refractivity contribution in [2.45, 2.75) is 25.6 Å². The Labute approximate surface area is 119 Å². The second-order valence-electron chi connectivity index (χ2n) is 5.64. The lowest BCUT2D eigenvalue weighted by Crippen LogP contribution is -2.53. The van der Waals surface area contributed by atoms with Crippen molar-refractivity contribution in [1.29, 1.82) is 0 Å². The predicted molar refractivity (Wildman–Crippen MR) is 78.2 cm³/mol. The Balaban J connectivity index is 2.22. The maximum Gasteiger partial charge on any atom is 0.226 e. The largest absolute Gasteiger partial charge is 0.367 e. The average Bonchev–Trinajstić information content (AvgIpc) is 2.37. The van der Waals surface area contributed by atoms with Gasteiger partial charge in [-0.1, -0.05) is 0 Å². The molecule has 1 aliphatic heterocycles. The van der Waals surface area contributed by atoms with E-state index in [0.29, 0.717) is 11.8 Å². The van der Waals surface area contributed by atoms with Gasteiger partial charge in [-0.15, -0.1) is 11.6 Å². The monoisotopic (exact) mass is 284 g/mol. The summed E-state index contributed by atoms with van der Waals surface area (Å²) in [5.74, 6) is 2.13. The van der Waals surface area contributed by atoms with Gasteiger partial charge in [0.15, 0.2) is 0 Å². The molecule has 1 unspecified atom stereocenters. The van der Waals surface area contributed by atoms with Crippen LogP contribution < -0.4 is 9.80 Å². The molecular formula is C13H21ClN4O. The molecule has 2 heterocycles. The Bertz CT molecular complexity index is 438. The van der Waals surface area contributed by atoms with Crippen LogP contribution in [-0.2, 0) is 4.74 Å². The molecule has 0 N–H and O–H groups in total. The summed E-state index contributed by atoms with van der Waals surface area (Å²) in [7, 11) is 3.87. The first-order chi connectivity index (χ1) is 8.91. The summed E-state index contributed by atoms with van der Waals surface area (Å²) in [6, 6.07) is 1.93. The molecule has 106 valence electrons. The molecule has 1 aromatic rings. The van der Waals surface area contributed by atoms with Crippen molar-refractivity contribution in [2.75, 3.05) is 42.9 Å². The number of morpholine rings is 1. The van der Waals surface area contributed by atoms with Gasteiger partial charge in [-0.25, -0.2) is 4.98 Å². The minimum absolute atomic E-state index is 0.0307. The van der Waals surface area contributed by atoms with Crippen molar-refractivity contribution in [3.63, 3.8) is 0 Å². The minimum Gasteiger partial charge on any atom is -0.367 e. The zero-order valence-electron chi connectivity index (χ0n) is 11.9. The van der Waals surface area contributed by atoms with Crippen molar-refractivity contribution in [3.8, 4) is 0 Å². The second-order valence-corrected chi connectivity index (χ2v) is 5.95. The number of alkyl halides is 1. The fourth-order valence-electron chi connectivity index (χ4n) is 2.28. The lowest BCUT2D eigenvalue weighted by molar-refractivity contribution is -0.0736. The van der Waals surface area contributed by atoms with Crippen LogP contribution in [0.15, 0.2) is 12.3 Å². The minimum atomic E-state index is -0.221. The van der Waals surface area contributed by atoms with E-state index in [1.807, 2.05) is 25.1 Å². The van der Waals surface area contributed by atoms with Gasteiger partial charge in [-0.3, -0.25) is 0 Å². The quantitative estimate of drug-likeness (QED) is 0.791. The lowest BCUT2D eigenvalue weighted by Gasteiger charge is -2.42.